The fourth-order valence-corrected chi connectivity index (χ4v) is 20.4. The molecule has 124 heavy (non-hydrogen) atoms. The summed E-state index contributed by atoms with van der Waals surface area (Å²) in [5.41, 5.74) is 22.8. The Morgan fingerprint density at radius 2 is 0.895 bits per heavy atom. The van der Waals surface area contributed by atoms with Gasteiger partial charge in [-0.05, 0) is 228 Å². The molecule has 1 unspecified atom stereocenters. The minimum atomic E-state index is -3.91. The maximum atomic E-state index is 13.8. The lowest BCUT2D eigenvalue weighted by atomic mass is 9.86. The first kappa shape index (κ1) is 87.9. The number of piperazine rings is 3. The number of aryl methyl sites for hydroxylation is 6. The smallest absolute Gasteiger partial charge is 0.254 e. The van der Waals surface area contributed by atoms with Gasteiger partial charge in [-0.1, -0.05) is 85.4 Å². The van der Waals surface area contributed by atoms with E-state index in [0.717, 1.165) is 188 Å². The molecule has 0 bridgehead atoms. The molecule has 1 atom stereocenters. The fourth-order valence-electron chi connectivity index (χ4n) is 18.8. The number of para-hydroxylation sites is 5. The molecule has 3 amide bonds. The summed E-state index contributed by atoms with van der Waals surface area (Å²) >= 11 is 0. The largest absolute Gasteiger partial charge is 0.382 e. The van der Waals surface area contributed by atoms with E-state index in [2.05, 4.69) is 165 Å². The normalized spacial score (nSPS) is 17.0. The van der Waals surface area contributed by atoms with Gasteiger partial charge in [0.05, 0.1) is 65.4 Å². The molecule has 1 aromatic heterocycles. The summed E-state index contributed by atoms with van der Waals surface area (Å²) in [6.45, 7) is 29.1. The summed E-state index contributed by atoms with van der Waals surface area (Å²) in [5, 5.41) is 46.9. The van der Waals surface area contributed by atoms with Crippen LogP contribution in [0.1, 0.15) is 131 Å². The van der Waals surface area contributed by atoms with Gasteiger partial charge in [-0.25, -0.2) is 22.7 Å². The summed E-state index contributed by atoms with van der Waals surface area (Å²) in [6, 6.07) is 60.4. The second kappa shape index (κ2) is 38.6. The second-order valence-corrected chi connectivity index (χ2v) is 37.3. The Balaban J connectivity index is 0.000000151. The van der Waals surface area contributed by atoms with E-state index in [1.165, 1.54) is 34.1 Å². The third kappa shape index (κ3) is 19.9. The number of primary sulfonamides is 1. The van der Waals surface area contributed by atoms with Gasteiger partial charge in [0, 0.05) is 183 Å². The van der Waals surface area contributed by atoms with Gasteiger partial charge in [-0.15, -0.1) is 0 Å². The number of fused-ring (bicyclic) bond motifs is 1. The summed E-state index contributed by atoms with van der Waals surface area (Å²) in [6.07, 6.45) is 9.38. The molecular weight excluding hydrogens is 1590 g/mol. The molecule has 8 aromatic carbocycles. The van der Waals surface area contributed by atoms with Crippen LogP contribution in [0, 0.1) is 81.5 Å². The van der Waals surface area contributed by atoms with Crippen molar-refractivity contribution in [3.8, 4) is 18.2 Å². The van der Waals surface area contributed by atoms with Crippen LogP contribution in [0.4, 0.5) is 51.3 Å². The van der Waals surface area contributed by atoms with Crippen molar-refractivity contribution in [3.63, 3.8) is 0 Å². The number of anilines is 9. The average Bonchev–Trinajstić information content (AvgIpc) is 1.23. The van der Waals surface area contributed by atoms with Crippen molar-refractivity contribution >= 4 is 94.6 Å². The molecule has 6 fully saturated rings. The Kier molecular flexibility index (Phi) is 27.4. The highest BCUT2D eigenvalue weighted by Gasteiger charge is 2.34. The van der Waals surface area contributed by atoms with Crippen LogP contribution in [0.5, 0.6) is 0 Å². The van der Waals surface area contributed by atoms with Crippen molar-refractivity contribution in [2.75, 3.05) is 170 Å². The predicted octanol–water partition coefficient (Wildman–Crippen LogP) is 13.5. The summed E-state index contributed by atoms with van der Waals surface area (Å²) in [7, 11) is -4.63. The molecular formula is C98H114N18O6S2. The molecule has 0 aliphatic carbocycles. The molecule has 9 aromatic rings. The highest BCUT2D eigenvalue weighted by atomic mass is 32.2. The lowest BCUT2D eigenvalue weighted by molar-refractivity contribution is 0.0738. The van der Waals surface area contributed by atoms with Crippen molar-refractivity contribution in [3.05, 3.63) is 260 Å². The van der Waals surface area contributed by atoms with E-state index in [-0.39, 0.29) is 28.7 Å². The molecule has 0 spiro atoms. The Labute approximate surface area is 731 Å². The number of allylic oxidation sites excluding steroid dienone is 1. The van der Waals surface area contributed by atoms with E-state index in [9.17, 15) is 42.8 Å². The second-order valence-electron chi connectivity index (χ2n) is 33.9. The van der Waals surface area contributed by atoms with E-state index in [4.69, 9.17) is 10.3 Å². The molecule has 16 rings (SSSR count). The first-order valence-electron chi connectivity index (χ1n) is 43.1. The number of hydrogen-bond acceptors (Lipinski definition) is 19. The highest BCUT2D eigenvalue weighted by Crippen LogP contribution is 2.40. The number of sulfonamides is 1. The Hall–Kier alpha value is -12.4. The van der Waals surface area contributed by atoms with Gasteiger partial charge >= 0.3 is 0 Å². The van der Waals surface area contributed by atoms with E-state index >= 15 is 0 Å². The first-order valence-corrected chi connectivity index (χ1v) is 46.4. The van der Waals surface area contributed by atoms with Gasteiger partial charge in [0.25, 0.3) is 17.7 Å². The number of pyridine rings is 1. The molecule has 0 radical (unpaired) electrons. The highest BCUT2D eigenvalue weighted by molar-refractivity contribution is 7.98. The van der Waals surface area contributed by atoms with Gasteiger partial charge in [0.1, 0.15) is 28.9 Å². The van der Waals surface area contributed by atoms with E-state index in [1.807, 2.05) is 124 Å². The van der Waals surface area contributed by atoms with Crippen molar-refractivity contribution in [1.29, 1.82) is 15.8 Å². The monoisotopic (exact) mass is 1700 g/mol. The Morgan fingerprint density at radius 3 is 1.40 bits per heavy atom. The lowest BCUT2D eigenvalue weighted by Gasteiger charge is -2.40. The summed E-state index contributed by atoms with van der Waals surface area (Å²) in [5.74, 6) is 4.72. The quantitative estimate of drug-likeness (QED) is 0.0616. The average molecular weight is 1700 g/mol. The minimum Gasteiger partial charge on any atom is -0.382 e. The molecule has 7 aliphatic rings. The van der Waals surface area contributed by atoms with Crippen molar-refractivity contribution in [2.24, 2.45) is 16.2 Å². The third-order valence-corrected chi connectivity index (χ3v) is 27.8. The SMILES string of the molecule is C=C1Cc2cccc(N3CCN(C(=O)c4cc(CC5CCN(c6ccccc6C#N)CC5)c(C)cc4C)CC3)c2N1.C=S(N)(=O)c1ccccc1N1CCN(C(=O)c2cc(N(C)C3CCN(c4ccccc4C#N)CC3)c(C)cc2C)CC1.Cc1cc(C)c(C(=O)N2CCN(c3ncccc3S(N)(=O)=O)CC2)cc1NC1CCN(c2ccccc2C#N)CC1. The standard InChI is InChI=1S/C35H39N5O.C33H40N6O2S.C30H35N7O3S/c1-24-19-25(2)31(22-30(24)21-27-11-13-38(14-12-27)32-9-5-4-7-29(32)23-36)35(41)40-17-15-39(16-18-40)33-10-6-8-28-20-26(3)37-34(28)33;1-24-21-25(2)31(36(3)27-13-15-37(16-14-27)29-10-6-5-9-26(29)23-34)22-28(24)33(40)39-19-17-38(18-20-39)30-11-7-8-12-32(30)42(4,35)41;1-21-18-22(2)26(34-24-9-12-35(13-10-24)27-7-4-3-6-23(27)20-31)19-25(21)30(38)37-16-14-36(15-17-37)29-28(41(32,39)40)8-5-11-33-29/h4-10,19,22,27,37H,3,11-18,20-21H2,1-2H3;5-12,21-22,27H,4,13-20H2,1-3H3,(H2,35,41);3-8,11,18-19,24,34H,9-10,12-17H2,1-2H3,(H2,32,39,40). The van der Waals surface area contributed by atoms with Gasteiger partial charge in [-0.2, -0.15) is 15.8 Å². The van der Waals surface area contributed by atoms with Crippen LogP contribution in [0.3, 0.4) is 0 Å². The van der Waals surface area contributed by atoms with Crippen LogP contribution in [-0.4, -0.2) is 193 Å². The minimum absolute atomic E-state index is 0.00928. The molecule has 7 aliphatic heterocycles. The number of carbonyl (C=O) groups excluding carboxylic acids is 3. The van der Waals surface area contributed by atoms with Gasteiger partial charge in [-0.3, -0.25) is 19.5 Å². The predicted molar refractivity (Wildman–Crippen MR) is 499 cm³/mol. The molecule has 8 heterocycles. The molecule has 24 nitrogen and oxygen atoms in total. The van der Waals surface area contributed by atoms with Crippen LogP contribution in [0.25, 0.3) is 0 Å². The van der Waals surface area contributed by atoms with Crippen LogP contribution in [0.15, 0.2) is 192 Å². The third-order valence-electron chi connectivity index (χ3n) is 25.8. The zero-order valence-corrected chi connectivity index (χ0v) is 74.0. The Morgan fingerprint density at radius 1 is 0.476 bits per heavy atom. The summed E-state index contributed by atoms with van der Waals surface area (Å²) in [4.78, 5) is 67.4. The Bertz CT molecular complexity index is 5850. The maximum absolute atomic E-state index is 13.8. The molecule has 26 heteroatoms. The number of aromatic nitrogens is 1. The number of benzene rings is 8. The number of nitriles is 3. The number of piperidine rings is 3. The van der Waals surface area contributed by atoms with Gasteiger partial charge < -0.3 is 59.6 Å². The van der Waals surface area contributed by atoms with E-state index < -0.39 is 19.7 Å². The van der Waals surface area contributed by atoms with Crippen molar-refractivity contribution in [1.82, 2.24) is 19.7 Å². The van der Waals surface area contributed by atoms with Crippen molar-refractivity contribution < 1.29 is 27.0 Å². The maximum Gasteiger partial charge on any atom is 0.254 e. The summed E-state index contributed by atoms with van der Waals surface area (Å²) < 4.78 is 36.6. The molecule has 0 saturated carbocycles. The zero-order chi connectivity index (χ0) is 87.7. The number of nitrogens with zero attached hydrogens (tertiary/aromatic N) is 14. The zero-order valence-electron chi connectivity index (χ0n) is 72.4. The number of amides is 3. The number of nitrogens with one attached hydrogen (secondary N) is 2. The number of nitrogens with two attached hydrogens (primary N) is 2. The van der Waals surface area contributed by atoms with Crippen LogP contribution in [0.2, 0.25) is 0 Å². The number of rotatable bonds is 17. The van der Waals surface area contributed by atoms with Crippen LogP contribution in [-0.2, 0) is 32.6 Å². The van der Waals surface area contributed by atoms with Crippen molar-refractivity contribution in [2.45, 2.75) is 115 Å². The molecule has 644 valence electrons. The van der Waals surface area contributed by atoms with Crippen LogP contribution >= 0.6 is 0 Å². The number of hydrogen-bond donors (Lipinski definition) is 4. The topological polar surface area (TPSA) is 295 Å². The fraction of sp³-hybridized carbons (Fsp3) is 0.367. The lowest BCUT2D eigenvalue weighted by Crippen LogP contribution is -2.49. The van der Waals surface area contributed by atoms with Gasteiger partial charge in [0.2, 0.25) is 10.0 Å². The van der Waals surface area contributed by atoms with E-state index in [0.29, 0.717) is 105 Å². The molecule has 6 saturated heterocycles. The first-order chi connectivity index (χ1) is 59.6. The number of carbonyl (C=O) groups is 3. The van der Waals surface area contributed by atoms with E-state index in [1.54, 1.807) is 18.3 Å². The van der Waals surface area contributed by atoms with Crippen LogP contribution < -0.4 is 55.2 Å². The molecule has 6 N–H and O–H groups in total. The van der Waals surface area contributed by atoms with Gasteiger partial charge in [0.15, 0.2) is 0 Å².